The summed E-state index contributed by atoms with van der Waals surface area (Å²) in [5.74, 6) is -0.402. The molecule has 1 amide bonds. The molecule has 0 atom stereocenters. The summed E-state index contributed by atoms with van der Waals surface area (Å²) in [4.78, 5) is 14.0. The molecule has 0 bridgehead atoms. The first-order valence-electron chi connectivity index (χ1n) is 6.40. The smallest absolute Gasteiger partial charge is 0.260 e. The fourth-order valence-electron chi connectivity index (χ4n) is 2.36. The van der Waals surface area contributed by atoms with Crippen LogP contribution >= 0.6 is 0 Å². The van der Waals surface area contributed by atoms with Crippen LogP contribution in [-0.4, -0.2) is 42.7 Å². The Morgan fingerprint density at radius 2 is 2.16 bits per heavy atom. The zero-order valence-electron chi connectivity index (χ0n) is 10.9. The second-order valence-corrected chi connectivity index (χ2v) is 4.74. The monoisotopic (exact) mass is 267 g/mol. The van der Waals surface area contributed by atoms with Crippen molar-refractivity contribution in [2.75, 3.05) is 26.8 Å². The minimum absolute atomic E-state index is 0.00699. The average molecular weight is 267 g/mol. The van der Waals surface area contributed by atoms with Crippen LogP contribution in [0.25, 0.3) is 0 Å². The van der Waals surface area contributed by atoms with Crippen molar-refractivity contribution in [3.8, 4) is 5.75 Å². The Bertz CT molecular complexity index is 456. The zero-order chi connectivity index (χ0) is 13.8. The molecule has 4 nitrogen and oxygen atoms in total. The number of carbonyl (C=O) groups is 1. The molecule has 2 rings (SSSR count). The molecule has 104 valence electrons. The number of aliphatic hydroxyl groups is 1. The predicted molar refractivity (Wildman–Crippen MR) is 68.7 cm³/mol. The van der Waals surface area contributed by atoms with Gasteiger partial charge in [0.25, 0.3) is 5.91 Å². The van der Waals surface area contributed by atoms with Gasteiger partial charge in [-0.15, -0.1) is 0 Å². The maximum atomic E-state index is 13.8. The minimum Gasteiger partial charge on any atom is -0.496 e. The van der Waals surface area contributed by atoms with Crippen LogP contribution in [0.15, 0.2) is 18.2 Å². The van der Waals surface area contributed by atoms with E-state index < -0.39 is 5.82 Å². The third-order valence-electron chi connectivity index (χ3n) is 3.57. The number of ether oxygens (including phenoxy) is 1. The molecule has 1 aliphatic heterocycles. The summed E-state index contributed by atoms with van der Waals surface area (Å²) in [6.45, 7) is 1.23. The first kappa shape index (κ1) is 13.8. The van der Waals surface area contributed by atoms with Gasteiger partial charge in [0.1, 0.15) is 17.1 Å². The zero-order valence-corrected chi connectivity index (χ0v) is 10.9. The number of likely N-dealkylation sites (tertiary alicyclic amines) is 1. The number of amides is 1. The molecule has 5 heteroatoms. The number of hydrogen-bond acceptors (Lipinski definition) is 3. The van der Waals surface area contributed by atoms with Crippen molar-refractivity contribution in [2.24, 2.45) is 5.92 Å². The molecule has 1 aromatic rings. The number of halogens is 1. The molecule has 0 saturated carbocycles. The van der Waals surface area contributed by atoms with Crippen LogP contribution in [-0.2, 0) is 0 Å². The molecule has 1 N–H and O–H groups in total. The number of methoxy groups -OCH3 is 1. The maximum absolute atomic E-state index is 13.8. The van der Waals surface area contributed by atoms with Gasteiger partial charge < -0.3 is 14.7 Å². The third kappa shape index (κ3) is 2.87. The Balaban J connectivity index is 2.16. The Morgan fingerprint density at radius 1 is 1.47 bits per heavy atom. The maximum Gasteiger partial charge on any atom is 0.260 e. The summed E-state index contributed by atoms with van der Waals surface area (Å²) >= 11 is 0. The van der Waals surface area contributed by atoms with E-state index in [4.69, 9.17) is 9.84 Å². The van der Waals surface area contributed by atoms with E-state index in [-0.39, 0.29) is 29.7 Å². The van der Waals surface area contributed by atoms with Crippen LogP contribution in [0.5, 0.6) is 5.75 Å². The standard InChI is InChI=1S/C14H18FNO3/c1-19-12-4-2-3-11(15)13(12)14(18)16-7-5-10(9-17)6-8-16/h2-4,10,17H,5-9H2,1H3. The predicted octanol–water partition coefficient (Wildman–Crippen LogP) is 1.68. The SMILES string of the molecule is COc1cccc(F)c1C(=O)N1CCC(CO)CC1. The summed E-state index contributed by atoms with van der Waals surface area (Å²) in [6, 6.07) is 4.36. The summed E-state index contributed by atoms with van der Waals surface area (Å²) < 4.78 is 18.9. The second-order valence-electron chi connectivity index (χ2n) is 4.74. The molecule has 0 aliphatic carbocycles. The quantitative estimate of drug-likeness (QED) is 0.906. The highest BCUT2D eigenvalue weighted by atomic mass is 19.1. The van der Waals surface area contributed by atoms with Crippen LogP contribution in [0.4, 0.5) is 4.39 Å². The molecule has 19 heavy (non-hydrogen) atoms. The van der Waals surface area contributed by atoms with E-state index in [1.54, 1.807) is 11.0 Å². The largest absolute Gasteiger partial charge is 0.496 e. The number of rotatable bonds is 3. The minimum atomic E-state index is -0.561. The first-order valence-corrected chi connectivity index (χ1v) is 6.40. The van der Waals surface area contributed by atoms with Crippen LogP contribution in [0, 0.1) is 11.7 Å². The van der Waals surface area contributed by atoms with Crippen molar-refractivity contribution in [2.45, 2.75) is 12.8 Å². The van der Waals surface area contributed by atoms with E-state index in [1.807, 2.05) is 0 Å². The normalized spacial score (nSPS) is 16.5. The molecule has 1 aromatic carbocycles. The summed E-state index contributed by atoms with van der Waals surface area (Å²) in [7, 11) is 1.42. The van der Waals surface area contributed by atoms with Gasteiger partial charge in [0.2, 0.25) is 0 Å². The number of aliphatic hydroxyl groups excluding tert-OH is 1. The van der Waals surface area contributed by atoms with Crippen molar-refractivity contribution in [1.29, 1.82) is 0 Å². The van der Waals surface area contributed by atoms with Crippen molar-refractivity contribution in [1.82, 2.24) is 4.90 Å². The number of hydrogen-bond donors (Lipinski definition) is 1. The van der Waals surface area contributed by atoms with Gasteiger partial charge in [-0.05, 0) is 30.9 Å². The Kier molecular flexibility index (Phi) is 4.37. The summed E-state index contributed by atoms with van der Waals surface area (Å²) in [5.41, 5.74) is -0.00699. The van der Waals surface area contributed by atoms with E-state index in [1.165, 1.54) is 19.2 Å². The Hall–Kier alpha value is -1.62. The van der Waals surface area contributed by atoms with E-state index >= 15 is 0 Å². The molecule has 0 radical (unpaired) electrons. The summed E-state index contributed by atoms with van der Waals surface area (Å²) in [5, 5.41) is 9.08. The van der Waals surface area contributed by atoms with Crippen molar-refractivity contribution < 1.29 is 19.0 Å². The van der Waals surface area contributed by atoms with E-state index in [0.717, 1.165) is 12.8 Å². The van der Waals surface area contributed by atoms with Gasteiger partial charge in [-0.1, -0.05) is 6.07 Å². The Labute approximate surface area is 111 Å². The van der Waals surface area contributed by atoms with Crippen LogP contribution in [0.1, 0.15) is 23.2 Å². The summed E-state index contributed by atoms with van der Waals surface area (Å²) in [6.07, 6.45) is 1.50. The fraction of sp³-hybridized carbons (Fsp3) is 0.500. The van der Waals surface area contributed by atoms with E-state index in [0.29, 0.717) is 13.1 Å². The van der Waals surface area contributed by atoms with Gasteiger partial charge in [0, 0.05) is 19.7 Å². The van der Waals surface area contributed by atoms with Crippen LogP contribution < -0.4 is 4.74 Å². The van der Waals surface area contributed by atoms with Gasteiger partial charge in [-0.3, -0.25) is 4.79 Å². The van der Waals surface area contributed by atoms with Gasteiger partial charge >= 0.3 is 0 Å². The number of nitrogens with zero attached hydrogens (tertiary/aromatic N) is 1. The molecule has 0 spiro atoms. The highest BCUT2D eigenvalue weighted by Gasteiger charge is 2.27. The lowest BCUT2D eigenvalue weighted by Crippen LogP contribution is -2.39. The highest BCUT2D eigenvalue weighted by molar-refractivity contribution is 5.97. The molecule has 1 aliphatic rings. The van der Waals surface area contributed by atoms with Crippen molar-refractivity contribution >= 4 is 5.91 Å². The molecule has 0 aromatic heterocycles. The first-order chi connectivity index (χ1) is 9.17. The van der Waals surface area contributed by atoms with Gasteiger partial charge in [0.05, 0.1) is 7.11 Å². The van der Waals surface area contributed by atoms with Crippen LogP contribution in [0.3, 0.4) is 0 Å². The lowest BCUT2D eigenvalue weighted by Gasteiger charge is -2.31. The molecule has 0 unspecified atom stereocenters. The highest BCUT2D eigenvalue weighted by Crippen LogP contribution is 2.25. The van der Waals surface area contributed by atoms with Gasteiger partial charge in [0.15, 0.2) is 0 Å². The molecule has 1 heterocycles. The molecular weight excluding hydrogens is 249 g/mol. The topological polar surface area (TPSA) is 49.8 Å². The molecule has 1 fully saturated rings. The van der Waals surface area contributed by atoms with Crippen LogP contribution in [0.2, 0.25) is 0 Å². The van der Waals surface area contributed by atoms with Crippen molar-refractivity contribution in [3.63, 3.8) is 0 Å². The van der Waals surface area contributed by atoms with Crippen molar-refractivity contribution in [3.05, 3.63) is 29.6 Å². The third-order valence-corrected chi connectivity index (χ3v) is 3.57. The fourth-order valence-corrected chi connectivity index (χ4v) is 2.36. The second kappa shape index (κ2) is 6.02. The number of benzene rings is 1. The lowest BCUT2D eigenvalue weighted by atomic mass is 9.97. The molecular formula is C14H18FNO3. The average Bonchev–Trinajstić information content (AvgIpc) is 2.46. The van der Waals surface area contributed by atoms with E-state index in [2.05, 4.69) is 0 Å². The molecule has 1 saturated heterocycles. The van der Waals surface area contributed by atoms with Gasteiger partial charge in [-0.25, -0.2) is 4.39 Å². The number of carbonyl (C=O) groups excluding carboxylic acids is 1. The Morgan fingerprint density at radius 3 is 2.74 bits per heavy atom. The lowest BCUT2D eigenvalue weighted by molar-refractivity contribution is 0.0643. The van der Waals surface area contributed by atoms with E-state index in [9.17, 15) is 9.18 Å². The van der Waals surface area contributed by atoms with Gasteiger partial charge in [-0.2, -0.15) is 0 Å². The number of piperidine rings is 1.